The Balaban J connectivity index is 2.88. The maximum Gasteiger partial charge on any atom is 0.124 e. The summed E-state index contributed by atoms with van der Waals surface area (Å²) in [5, 5.41) is 3.70. The van der Waals surface area contributed by atoms with Crippen LogP contribution in [0.25, 0.3) is 0 Å². The van der Waals surface area contributed by atoms with Crippen molar-refractivity contribution in [2.24, 2.45) is 0 Å². The molecule has 0 fully saturated rings. The predicted octanol–water partition coefficient (Wildman–Crippen LogP) is 3.15. The lowest BCUT2D eigenvalue weighted by molar-refractivity contribution is 0.592. The van der Waals surface area contributed by atoms with E-state index >= 15 is 0 Å². The molecule has 0 radical (unpaired) electrons. The highest BCUT2D eigenvalue weighted by Gasteiger charge is 2.08. The van der Waals surface area contributed by atoms with Crippen molar-refractivity contribution >= 4 is 11.6 Å². The van der Waals surface area contributed by atoms with E-state index in [0.717, 1.165) is 12.1 Å². The summed E-state index contributed by atoms with van der Waals surface area (Å²) in [7, 11) is 0. The van der Waals surface area contributed by atoms with Crippen molar-refractivity contribution in [3.8, 4) is 0 Å². The molecule has 0 heterocycles. The highest BCUT2D eigenvalue weighted by molar-refractivity contribution is 6.31. The van der Waals surface area contributed by atoms with Gasteiger partial charge in [-0.05, 0) is 31.2 Å². The first-order valence-corrected chi connectivity index (χ1v) is 4.71. The molecule has 0 bridgehead atoms. The highest BCUT2D eigenvalue weighted by Crippen LogP contribution is 2.23. The molecule has 0 spiro atoms. The molecule has 0 aliphatic heterocycles. The Hall–Kier alpha value is -0.600. The van der Waals surface area contributed by atoms with Gasteiger partial charge in [0.1, 0.15) is 5.82 Å². The minimum Gasteiger partial charge on any atom is -0.310 e. The van der Waals surface area contributed by atoms with E-state index in [9.17, 15) is 4.39 Å². The fourth-order valence-electron chi connectivity index (χ4n) is 1.27. The van der Waals surface area contributed by atoms with Gasteiger partial charge in [-0.15, -0.1) is 0 Å². The molecule has 1 atom stereocenters. The molecule has 1 nitrogen and oxygen atoms in total. The Morgan fingerprint density at radius 3 is 2.77 bits per heavy atom. The molecular formula is C10H13ClFN. The number of nitrogens with one attached hydrogen (secondary N) is 1. The third-order valence-electron chi connectivity index (χ3n) is 1.94. The minimum atomic E-state index is -0.294. The van der Waals surface area contributed by atoms with Crippen LogP contribution in [-0.4, -0.2) is 6.54 Å². The van der Waals surface area contributed by atoms with Crippen LogP contribution in [0.5, 0.6) is 0 Å². The lowest BCUT2D eigenvalue weighted by Gasteiger charge is -2.13. The van der Waals surface area contributed by atoms with E-state index in [1.54, 1.807) is 6.07 Å². The molecule has 1 aromatic carbocycles. The van der Waals surface area contributed by atoms with Crippen LogP contribution in [0.4, 0.5) is 4.39 Å². The van der Waals surface area contributed by atoms with Crippen molar-refractivity contribution < 1.29 is 4.39 Å². The molecule has 0 aliphatic rings. The summed E-state index contributed by atoms with van der Waals surface area (Å²) in [6, 6.07) is 4.64. The van der Waals surface area contributed by atoms with Gasteiger partial charge in [-0.1, -0.05) is 24.6 Å². The van der Waals surface area contributed by atoms with Gasteiger partial charge in [0.2, 0.25) is 0 Å². The molecule has 0 saturated carbocycles. The molecule has 0 aromatic heterocycles. The lowest BCUT2D eigenvalue weighted by Crippen LogP contribution is -2.17. The third kappa shape index (κ3) is 2.68. The third-order valence-corrected chi connectivity index (χ3v) is 2.27. The normalized spacial score (nSPS) is 12.9. The predicted molar refractivity (Wildman–Crippen MR) is 53.5 cm³/mol. The molecule has 1 rings (SSSR count). The van der Waals surface area contributed by atoms with Gasteiger partial charge in [0.05, 0.1) is 0 Å². The summed E-state index contributed by atoms with van der Waals surface area (Å²) in [4.78, 5) is 0. The van der Waals surface area contributed by atoms with Crippen molar-refractivity contribution in [2.75, 3.05) is 6.54 Å². The Bertz CT molecular complexity index is 288. The number of hydrogen-bond donors (Lipinski definition) is 1. The minimum absolute atomic E-state index is 0.165. The molecule has 1 aromatic rings. The van der Waals surface area contributed by atoms with E-state index in [-0.39, 0.29) is 11.9 Å². The molecule has 1 unspecified atom stereocenters. The van der Waals surface area contributed by atoms with Gasteiger partial charge in [0.15, 0.2) is 0 Å². The highest BCUT2D eigenvalue weighted by atomic mass is 35.5. The Morgan fingerprint density at radius 2 is 2.23 bits per heavy atom. The van der Waals surface area contributed by atoms with E-state index in [0.29, 0.717) is 5.02 Å². The average molecular weight is 202 g/mol. The topological polar surface area (TPSA) is 12.0 Å². The van der Waals surface area contributed by atoms with E-state index < -0.39 is 0 Å². The van der Waals surface area contributed by atoms with E-state index in [2.05, 4.69) is 5.32 Å². The Morgan fingerprint density at radius 1 is 1.54 bits per heavy atom. The van der Waals surface area contributed by atoms with Crippen LogP contribution in [0, 0.1) is 5.82 Å². The first-order chi connectivity index (χ1) is 6.15. The van der Waals surface area contributed by atoms with Gasteiger partial charge >= 0.3 is 0 Å². The van der Waals surface area contributed by atoms with Crippen LogP contribution in [0.15, 0.2) is 18.2 Å². The second-order valence-corrected chi connectivity index (χ2v) is 3.35. The zero-order valence-electron chi connectivity index (χ0n) is 7.77. The van der Waals surface area contributed by atoms with Gasteiger partial charge in [-0.25, -0.2) is 4.39 Å². The van der Waals surface area contributed by atoms with Gasteiger partial charge in [-0.2, -0.15) is 0 Å². The number of benzene rings is 1. The summed E-state index contributed by atoms with van der Waals surface area (Å²) in [5.41, 5.74) is 0.935. The van der Waals surface area contributed by atoms with Gasteiger partial charge in [0, 0.05) is 11.1 Å². The van der Waals surface area contributed by atoms with Crippen molar-refractivity contribution in [1.82, 2.24) is 5.32 Å². The largest absolute Gasteiger partial charge is 0.310 e. The monoisotopic (exact) mass is 201 g/mol. The van der Waals surface area contributed by atoms with Crippen molar-refractivity contribution in [1.29, 1.82) is 0 Å². The molecule has 3 heteroatoms. The van der Waals surface area contributed by atoms with Gasteiger partial charge in [0.25, 0.3) is 0 Å². The van der Waals surface area contributed by atoms with Crippen LogP contribution in [-0.2, 0) is 0 Å². The summed E-state index contributed by atoms with van der Waals surface area (Å²) in [6.07, 6.45) is 0. The van der Waals surface area contributed by atoms with Crippen molar-refractivity contribution in [3.63, 3.8) is 0 Å². The number of halogens is 2. The van der Waals surface area contributed by atoms with Gasteiger partial charge < -0.3 is 5.32 Å². The average Bonchev–Trinajstić information content (AvgIpc) is 2.04. The second-order valence-electron chi connectivity index (χ2n) is 2.95. The zero-order valence-corrected chi connectivity index (χ0v) is 8.53. The Kier molecular flexibility index (Phi) is 3.70. The second kappa shape index (κ2) is 4.58. The molecule has 13 heavy (non-hydrogen) atoms. The molecule has 72 valence electrons. The maximum absolute atomic E-state index is 12.7. The summed E-state index contributed by atoms with van der Waals surface area (Å²) >= 11 is 5.88. The summed E-state index contributed by atoms with van der Waals surface area (Å²) < 4.78 is 12.7. The van der Waals surface area contributed by atoms with Crippen LogP contribution in [0.1, 0.15) is 25.5 Å². The molecule has 0 amide bonds. The quantitative estimate of drug-likeness (QED) is 0.792. The molecule has 1 N–H and O–H groups in total. The Labute approximate surface area is 82.9 Å². The van der Waals surface area contributed by atoms with Crippen LogP contribution < -0.4 is 5.32 Å². The summed E-state index contributed by atoms with van der Waals surface area (Å²) in [5.74, 6) is -0.294. The SMILES string of the molecule is CCNC(C)c1ccc(F)cc1Cl. The van der Waals surface area contributed by atoms with Gasteiger partial charge in [-0.3, -0.25) is 0 Å². The molecule has 0 saturated heterocycles. The van der Waals surface area contributed by atoms with E-state index in [1.807, 2.05) is 13.8 Å². The number of hydrogen-bond acceptors (Lipinski definition) is 1. The van der Waals surface area contributed by atoms with Crippen molar-refractivity contribution in [2.45, 2.75) is 19.9 Å². The van der Waals surface area contributed by atoms with Crippen LogP contribution >= 0.6 is 11.6 Å². The lowest BCUT2D eigenvalue weighted by atomic mass is 10.1. The van der Waals surface area contributed by atoms with Crippen molar-refractivity contribution in [3.05, 3.63) is 34.6 Å². The number of rotatable bonds is 3. The maximum atomic E-state index is 12.7. The smallest absolute Gasteiger partial charge is 0.124 e. The first kappa shape index (κ1) is 10.5. The molecular weight excluding hydrogens is 189 g/mol. The fourth-order valence-corrected chi connectivity index (χ4v) is 1.60. The summed E-state index contributed by atoms with van der Waals surface area (Å²) in [6.45, 7) is 4.89. The zero-order chi connectivity index (χ0) is 9.84. The fraction of sp³-hybridized carbons (Fsp3) is 0.400. The first-order valence-electron chi connectivity index (χ1n) is 4.33. The molecule has 0 aliphatic carbocycles. The van der Waals surface area contributed by atoms with Crippen LogP contribution in [0.3, 0.4) is 0 Å². The van der Waals surface area contributed by atoms with E-state index in [1.165, 1.54) is 12.1 Å². The standard InChI is InChI=1S/C10H13ClFN/c1-3-13-7(2)9-5-4-8(12)6-10(9)11/h4-7,13H,3H2,1-2H3. The van der Waals surface area contributed by atoms with E-state index in [4.69, 9.17) is 11.6 Å². The van der Waals surface area contributed by atoms with Crippen LogP contribution in [0.2, 0.25) is 5.02 Å².